The number of rotatable bonds is 4. The Morgan fingerprint density at radius 1 is 1.56 bits per heavy atom. The summed E-state index contributed by atoms with van der Waals surface area (Å²) in [5.41, 5.74) is 0.492. The van der Waals surface area contributed by atoms with E-state index in [4.69, 9.17) is 0 Å². The number of amides is 1. The number of hydrogen-bond acceptors (Lipinski definition) is 4. The normalized spacial score (nSPS) is 9.62. The zero-order valence-electron chi connectivity index (χ0n) is 8.70. The van der Waals surface area contributed by atoms with Crippen molar-refractivity contribution in [1.29, 1.82) is 0 Å². The Morgan fingerprint density at radius 3 is 2.94 bits per heavy atom. The van der Waals surface area contributed by atoms with Crippen molar-refractivity contribution in [3.8, 4) is 0 Å². The van der Waals surface area contributed by atoms with Gasteiger partial charge in [0, 0.05) is 18.3 Å². The van der Waals surface area contributed by atoms with Gasteiger partial charge >= 0.3 is 5.97 Å². The first kappa shape index (κ1) is 12.6. The van der Waals surface area contributed by atoms with Gasteiger partial charge in [0.2, 0.25) is 0 Å². The highest BCUT2D eigenvalue weighted by atomic mass is 79.9. The van der Waals surface area contributed by atoms with Crippen molar-refractivity contribution in [2.45, 2.75) is 6.42 Å². The van der Waals surface area contributed by atoms with Crippen molar-refractivity contribution in [1.82, 2.24) is 10.3 Å². The van der Waals surface area contributed by atoms with Crippen LogP contribution in [0, 0.1) is 0 Å². The summed E-state index contributed by atoms with van der Waals surface area (Å²) in [6, 6.07) is 3.20. The monoisotopic (exact) mass is 286 g/mol. The predicted octanol–water partition coefficient (Wildman–Crippen LogP) is 1.14. The largest absolute Gasteiger partial charge is 0.469 e. The number of pyridine rings is 1. The number of methoxy groups -OCH3 is 1. The van der Waals surface area contributed by atoms with E-state index in [1.54, 1.807) is 12.1 Å². The summed E-state index contributed by atoms with van der Waals surface area (Å²) in [4.78, 5) is 26.3. The zero-order chi connectivity index (χ0) is 12.0. The van der Waals surface area contributed by atoms with Crippen LogP contribution in [0.1, 0.15) is 16.8 Å². The lowest BCUT2D eigenvalue weighted by Crippen LogP contribution is -2.26. The molecule has 0 saturated heterocycles. The number of aromatic nitrogens is 1. The summed E-state index contributed by atoms with van der Waals surface area (Å²) >= 11 is 3.17. The van der Waals surface area contributed by atoms with Crippen molar-refractivity contribution >= 4 is 27.8 Å². The average molecular weight is 287 g/mol. The van der Waals surface area contributed by atoms with Crippen LogP contribution in [-0.4, -0.2) is 30.5 Å². The Morgan fingerprint density at radius 2 is 2.31 bits per heavy atom. The summed E-state index contributed by atoms with van der Waals surface area (Å²) < 4.78 is 5.04. The molecule has 0 aromatic carbocycles. The molecule has 0 fully saturated rings. The first-order valence-corrected chi connectivity index (χ1v) is 5.39. The van der Waals surface area contributed by atoms with E-state index in [9.17, 15) is 9.59 Å². The highest BCUT2D eigenvalue weighted by molar-refractivity contribution is 9.10. The minimum Gasteiger partial charge on any atom is -0.469 e. The van der Waals surface area contributed by atoms with Gasteiger partial charge in [-0.2, -0.15) is 0 Å². The van der Waals surface area contributed by atoms with Crippen molar-refractivity contribution in [3.05, 3.63) is 28.5 Å². The van der Waals surface area contributed by atoms with Crippen LogP contribution in [0.15, 0.2) is 22.9 Å². The number of carbonyl (C=O) groups excluding carboxylic acids is 2. The lowest BCUT2D eigenvalue weighted by molar-refractivity contribution is -0.140. The van der Waals surface area contributed by atoms with Gasteiger partial charge in [-0.25, -0.2) is 4.98 Å². The molecule has 0 bridgehead atoms. The lowest BCUT2D eigenvalue weighted by Gasteiger charge is -2.04. The summed E-state index contributed by atoms with van der Waals surface area (Å²) in [7, 11) is 1.31. The van der Waals surface area contributed by atoms with E-state index < -0.39 is 0 Å². The van der Waals surface area contributed by atoms with Crippen molar-refractivity contribution in [2.24, 2.45) is 0 Å². The van der Waals surface area contributed by atoms with E-state index in [1.165, 1.54) is 13.3 Å². The van der Waals surface area contributed by atoms with Gasteiger partial charge in [0.25, 0.3) is 5.91 Å². The molecule has 6 heteroatoms. The number of carbonyl (C=O) groups is 2. The van der Waals surface area contributed by atoms with Crippen molar-refractivity contribution < 1.29 is 14.3 Å². The molecule has 1 aromatic rings. The summed E-state index contributed by atoms with van der Waals surface area (Å²) in [5.74, 6) is -0.594. The number of ether oxygens (including phenoxy) is 1. The van der Waals surface area contributed by atoms with E-state index in [1.807, 2.05) is 0 Å². The molecule has 0 spiro atoms. The van der Waals surface area contributed by atoms with Crippen LogP contribution in [0.2, 0.25) is 0 Å². The molecular formula is C10H11BrN2O3. The first-order chi connectivity index (χ1) is 7.63. The van der Waals surface area contributed by atoms with E-state index in [0.29, 0.717) is 10.2 Å². The van der Waals surface area contributed by atoms with Gasteiger partial charge in [-0.1, -0.05) is 0 Å². The van der Waals surface area contributed by atoms with Crippen LogP contribution in [0.25, 0.3) is 0 Å². The predicted molar refractivity (Wildman–Crippen MR) is 60.9 cm³/mol. The molecule has 0 aliphatic carbocycles. The van der Waals surface area contributed by atoms with Gasteiger partial charge in [0.05, 0.1) is 13.5 Å². The van der Waals surface area contributed by atoms with Gasteiger partial charge in [-0.05, 0) is 28.1 Å². The first-order valence-electron chi connectivity index (χ1n) is 4.60. The molecule has 1 aromatic heterocycles. The van der Waals surface area contributed by atoms with E-state index in [2.05, 4.69) is 31.0 Å². The van der Waals surface area contributed by atoms with E-state index in [0.717, 1.165) is 0 Å². The molecule has 16 heavy (non-hydrogen) atoms. The molecule has 0 unspecified atom stereocenters. The molecule has 1 amide bonds. The second-order valence-electron chi connectivity index (χ2n) is 2.95. The minimum atomic E-state index is -0.351. The SMILES string of the molecule is COC(=O)CCNC(=O)c1ccnc(Br)c1. The fraction of sp³-hybridized carbons (Fsp3) is 0.300. The Bertz CT molecular complexity index is 395. The Kier molecular flexibility index (Phi) is 4.91. The smallest absolute Gasteiger partial charge is 0.307 e. The Hall–Kier alpha value is -1.43. The van der Waals surface area contributed by atoms with Gasteiger partial charge in [-0.15, -0.1) is 0 Å². The van der Waals surface area contributed by atoms with Crippen molar-refractivity contribution in [3.63, 3.8) is 0 Å². The molecule has 5 nitrogen and oxygen atoms in total. The molecule has 0 atom stereocenters. The molecule has 1 rings (SSSR count). The second kappa shape index (κ2) is 6.22. The number of halogens is 1. The van der Waals surface area contributed by atoms with Crippen LogP contribution >= 0.6 is 15.9 Å². The average Bonchev–Trinajstić information content (AvgIpc) is 2.28. The third-order valence-electron chi connectivity index (χ3n) is 1.83. The Balaban J connectivity index is 2.44. The molecule has 0 aliphatic heterocycles. The van der Waals surface area contributed by atoms with Gasteiger partial charge in [0.1, 0.15) is 4.60 Å². The third kappa shape index (κ3) is 3.98. The number of esters is 1. The van der Waals surface area contributed by atoms with Crippen LogP contribution in [-0.2, 0) is 9.53 Å². The van der Waals surface area contributed by atoms with Crippen LogP contribution in [0.4, 0.5) is 0 Å². The fourth-order valence-electron chi connectivity index (χ4n) is 1.03. The maximum Gasteiger partial charge on any atom is 0.307 e. The minimum absolute atomic E-state index is 0.161. The van der Waals surface area contributed by atoms with Crippen LogP contribution < -0.4 is 5.32 Å². The molecule has 0 radical (unpaired) electrons. The Labute approximate surface area is 101 Å². The number of hydrogen-bond donors (Lipinski definition) is 1. The lowest BCUT2D eigenvalue weighted by atomic mass is 10.2. The highest BCUT2D eigenvalue weighted by Crippen LogP contribution is 2.07. The fourth-order valence-corrected chi connectivity index (χ4v) is 1.39. The molecule has 0 aliphatic rings. The van der Waals surface area contributed by atoms with Crippen molar-refractivity contribution in [2.75, 3.05) is 13.7 Å². The molecule has 1 N–H and O–H groups in total. The summed E-state index contributed by atoms with van der Waals surface area (Å²) in [6.45, 7) is 0.255. The van der Waals surface area contributed by atoms with Crippen LogP contribution in [0.3, 0.4) is 0 Å². The third-order valence-corrected chi connectivity index (χ3v) is 2.26. The van der Waals surface area contributed by atoms with E-state index >= 15 is 0 Å². The van der Waals surface area contributed by atoms with Gasteiger partial charge < -0.3 is 10.1 Å². The maximum atomic E-state index is 11.6. The summed E-state index contributed by atoms with van der Waals surface area (Å²) in [5, 5.41) is 2.60. The molecule has 86 valence electrons. The van der Waals surface area contributed by atoms with E-state index in [-0.39, 0.29) is 24.8 Å². The highest BCUT2D eigenvalue weighted by Gasteiger charge is 2.06. The summed E-state index contributed by atoms with van der Waals surface area (Å²) in [6.07, 6.45) is 1.69. The molecule has 1 heterocycles. The van der Waals surface area contributed by atoms with Crippen LogP contribution in [0.5, 0.6) is 0 Å². The standard InChI is InChI=1S/C10H11BrN2O3/c1-16-9(14)3-5-13-10(15)7-2-4-12-8(11)6-7/h2,4,6H,3,5H2,1H3,(H,13,15). The topological polar surface area (TPSA) is 68.3 Å². The molecule has 0 saturated carbocycles. The van der Waals surface area contributed by atoms with Gasteiger partial charge in [-0.3, -0.25) is 9.59 Å². The molecular weight excluding hydrogens is 276 g/mol. The number of nitrogens with one attached hydrogen (secondary N) is 1. The zero-order valence-corrected chi connectivity index (χ0v) is 10.3. The second-order valence-corrected chi connectivity index (χ2v) is 3.76. The maximum absolute atomic E-state index is 11.6. The van der Waals surface area contributed by atoms with Gasteiger partial charge in [0.15, 0.2) is 0 Å². The quantitative estimate of drug-likeness (QED) is 0.666. The number of nitrogens with zero attached hydrogens (tertiary/aromatic N) is 1.